The van der Waals surface area contributed by atoms with Crippen molar-refractivity contribution in [2.75, 3.05) is 20.2 Å². The van der Waals surface area contributed by atoms with Gasteiger partial charge < -0.3 is 9.30 Å². The Morgan fingerprint density at radius 1 is 1.17 bits per heavy atom. The van der Waals surface area contributed by atoms with Gasteiger partial charge in [0.15, 0.2) is 5.65 Å². The van der Waals surface area contributed by atoms with Crippen LogP contribution in [0.5, 0.6) is 0 Å². The van der Waals surface area contributed by atoms with Crippen molar-refractivity contribution in [3.05, 3.63) is 53.5 Å². The molecule has 154 valence electrons. The van der Waals surface area contributed by atoms with Crippen LogP contribution in [0.25, 0.3) is 11.2 Å². The number of imidazole rings is 1. The van der Waals surface area contributed by atoms with Gasteiger partial charge in [0.2, 0.25) is 10.0 Å². The standard InChI is InChI=1S/C21H26N4O3S/c1-15-6-7-19(16(2)13-15)29(26,27)24-11-8-17(9-12-24)25-20(14-28-3)23-18-5-4-10-22-21(18)25/h4-7,10,13,17H,8-9,11-12,14H2,1-3H3. The molecule has 0 saturated carbocycles. The number of sulfonamides is 1. The summed E-state index contributed by atoms with van der Waals surface area (Å²) in [6.45, 7) is 5.17. The summed E-state index contributed by atoms with van der Waals surface area (Å²) >= 11 is 0. The van der Waals surface area contributed by atoms with Crippen LogP contribution in [-0.4, -0.2) is 47.5 Å². The molecule has 3 aromatic rings. The van der Waals surface area contributed by atoms with E-state index in [1.807, 2.05) is 38.1 Å². The minimum absolute atomic E-state index is 0.144. The summed E-state index contributed by atoms with van der Waals surface area (Å²) in [7, 11) is -1.85. The predicted octanol–water partition coefficient (Wildman–Crippen LogP) is 3.22. The van der Waals surface area contributed by atoms with Gasteiger partial charge in [0.05, 0.1) is 4.90 Å². The fourth-order valence-electron chi connectivity index (χ4n) is 4.16. The molecule has 1 fully saturated rings. The first-order valence-electron chi connectivity index (χ1n) is 9.80. The van der Waals surface area contributed by atoms with Gasteiger partial charge in [0, 0.05) is 32.4 Å². The van der Waals surface area contributed by atoms with Gasteiger partial charge in [0.1, 0.15) is 17.9 Å². The molecular weight excluding hydrogens is 388 g/mol. The summed E-state index contributed by atoms with van der Waals surface area (Å²) in [6, 6.07) is 9.45. The van der Waals surface area contributed by atoms with Crippen molar-refractivity contribution < 1.29 is 13.2 Å². The molecule has 0 radical (unpaired) electrons. The Bertz CT molecular complexity index is 1130. The van der Waals surface area contributed by atoms with Crippen molar-refractivity contribution >= 4 is 21.2 Å². The minimum Gasteiger partial charge on any atom is -0.377 e. The molecule has 8 heteroatoms. The van der Waals surface area contributed by atoms with E-state index < -0.39 is 10.0 Å². The normalized spacial score (nSPS) is 16.5. The van der Waals surface area contributed by atoms with Crippen LogP contribution >= 0.6 is 0 Å². The Morgan fingerprint density at radius 2 is 1.93 bits per heavy atom. The molecule has 0 atom stereocenters. The summed E-state index contributed by atoms with van der Waals surface area (Å²) in [6.07, 6.45) is 3.18. The number of methoxy groups -OCH3 is 1. The van der Waals surface area contributed by atoms with Crippen LogP contribution in [0.2, 0.25) is 0 Å². The molecule has 29 heavy (non-hydrogen) atoms. The molecule has 0 bridgehead atoms. The highest BCUT2D eigenvalue weighted by atomic mass is 32.2. The van der Waals surface area contributed by atoms with Crippen molar-refractivity contribution in [3.8, 4) is 0 Å². The number of nitrogens with zero attached hydrogens (tertiary/aromatic N) is 4. The van der Waals surface area contributed by atoms with Crippen LogP contribution in [0.1, 0.15) is 35.8 Å². The number of aryl methyl sites for hydroxylation is 2. The second-order valence-electron chi connectivity index (χ2n) is 7.58. The van der Waals surface area contributed by atoms with Crippen LogP contribution in [0, 0.1) is 13.8 Å². The second kappa shape index (κ2) is 7.85. The van der Waals surface area contributed by atoms with E-state index in [-0.39, 0.29) is 6.04 Å². The molecule has 0 unspecified atom stereocenters. The Balaban J connectivity index is 1.59. The lowest BCUT2D eigenvalue weighted by molar-refractivity contribution is 0.168. The molecule has 2 aromatic heterocycles. The number of piperidine rings is 1. The number of ether oxygens (including phenoxy) is 1. The number of benzene rings is 1. The van der Waals surface area contributed by atoms with Crippen molar-refractivity contribution in [2.45, 2.75) is 44.2 Å². The highest BCUT2D eigenvalue weighted by molar-refractivity contribution is 7.89. The third-order valence-electron chi connectivity index (χ3n) is 5.53. The van der Waals surface area contributed by atoms with Crippen molar-refractivity contribution in [1.29, 1.82) is 0 Å². The number of rotatable bonds is 5. The van der Waals surface area contributed by atoms with Gasteiger partial charge in [-0.05, 0) is 50.5 Å². The summed E-state index contributed by atoms with van der Waals surface area (Å²) < 4.78 is 35.4. The highest BCUT2D eigenvalue weighted by Gasteiger charge is 2.32. The molecule has 1 aromatic carbocycles. The van der Waals surface area contributed by atoms with E-state index in [1.54, 1.807) is 23.7 Å². The maximum absolute atomic E-state index is 13.2. The fourth-order valence-corrected chi connectivity index (χ4v) is 5.84. The second-order valence-corrected chi connectivity index (χ2v) is 9.49. The van der Waals surface area contributed by atoms with Crippen LogP contribution in [0.15, 0.2) is 41.4 Å². The van der Waals surface area contributed by atoms with Gasteiger partial charge in [-0.3, -0.25) is 0 Å². The quantitative estimate of drug-likeness (QED) is 0.641. The lowest BCUT2D eigenvalue weighted by Gasteiger charge is -2.33. The molecule has 1 aliphatic rings. The molecule has 0 aliphatic carbocycles. The summed E-state index contributed by atoms with van der Waals surface area (Å²) in [5, 5.41) is 0. The number of pyridine rings is 1. The highest BCUT2D eigenvalue weighted by Crippen LogP contribution is 2.31. The van der Waals surface area contributed by atoms with E-state index in [0.29, 0.717) is 37.4 Å². The monoisotopic (exact) mass is 414 g/mol. The van der Waals surface area contributed by atoms with Crippen LogP contribution in [0.4, 0.5) is 0 Å². The Kier molecular flexibility index (Phi) is 5.42. The first-order valence-corrected chi connectivity index (χ1v) is 11.2. The first kappa shape index (κ1) is 20.0. The van der Waals surface area contributed by atoms with E-state index in [4.69, 9.17) is 4.74 Å². The summed E-state index contributed by atoms with van der Waals surface area (Å²) in [5.41, 5.74) is 3.52. The van der Waals surface area contributed by atoms with Gasteiger partial charge in [0.25, 0.3) is 0 Å². The number of hydrogen-bond donors (Lipinski definition) is 0. The molecule has 7 nitrogen and oxygen atoms in total. The van der Waals surface area contributed by atoms with Crippen molar-refractivity contribution in [1.82, 2.24) is 18.8 Å². The molecule has 0 spiro atoms. The lowest BCUT2D eigenvalue weighted by atomic mass is 10.1. The molecule has 1 aliphatic heterocycles. The number of hydrogen-bond acceptors (Lipinski definition) is 5. The topological polar surface area (TPSA) is 77.3 Å². The van der Waals surface area contributed by atoms with E-state index in [9.17, 15) is 8.42 Å². The predicted molar refractivity (Wildman–Crippen MR) is 111 cm³/mol. The lowest BCUT2D eigenvalue weighted by Crippen LogP contribution is -2.39. The van der Waals surface area contributed by atoms with Gasteiger partial charge in [-0.1, -0.05) is 17.7 Å². The third kappa shape index (κ3) is 3.68. The zero-order valence-electron chi connectivity index (χ0n) is 17.0. The first-order chi connectivity index (χ1) is 13.9. The van der Waals surface area contributed by atoms with Crippen LogP contribution < -0.4 is 0 Å². The molecule has 0 N–H and O–H groups in total. The summed E-state index contributed by atoms with van der Waals surface area (Å²) in [5.74, 6) is 0.830. The van der Waals surface area contributed by atoms with E-state index in [0.717, 1.165) is 28.1 Å². The van der Waals surface area contributed by atoms with E-state index in [2.05, 4.69) is 14.5 Å². The molecule has 4 rings (SSSR count). The average molecular weight is 415 g/mol. The zero-order chi connectivity index (χ0) is 20.6. The van der Waals surface area contributed by atoms with E-state index >= 15 is 0 Å². The number of aromatic nitrogens is 3. The molecule has 0 amide bonds. The zero-order valence-corrected chi connectivity index (χ0v) is 17.8. The van der Waals surface area contributed by atoms with Gasteiger partial charge >= 0.3 is 0 Å². The SMILES string of the molecule is COCc1nc2cccnc2n1C1CCN(S(=O)(=O)c2ccc(C)cc2C)CC1. The smallest absolute Gasteiger partial charge is 0.243 e. The van der Waals surface area contributed by atoms with Gasteiger partial charge in [-0.2, -0.15) is 4.31 Å². The Hall–Kier alpha value is -2.29. The van der Waals surface area contributed by atoms with Crippen molar-refractivity contribution in [2.24, 2.45) is 0 Å². The largest absolute Gasteiger partial charge is 0.377 e. The van der Waals surface area contributed by atoms with Gasteiger partial charge in [-0.25, -0.2) is 18.4 Å². The maximum Gasteiger partial charge on any atom is 0.243 e. The minimum atomic E-state index is -3.50. The molecule has 3 heterocycles. The van der Waals surface area contributed by atoms with Crippen LogP contribution in [-0.2, 0) is 21.4 Å². The fraction of sp³-hybridized carbons (Fsp3) is 0.429. The summed E-state index contributed by atoms with van der Waals surface area (Å²) in [4.78, 5) is 9.56. The Morgan fingerprint density at radius 3 is 2.62 bits per heavy atom. The Labute approximate surface area is 171 Å². The van der Waals surface area contributed by atoms with Crippen molar-refractivity contribution in [3.63, 3.8) is 0 Å². The average Bonchev–Trinajstić information content (AvgIpc) is 3.06. The van der Waals surface area contributed by atoms with Crippen LogP contribution in [0.3, 0.4) is 0 Å². The third-order valence-corrected chi connectivity index (χ3v) is 7.59. The molecule has 1 saturated heterocycles. The van der Waals surface area contributed by atoms with Gasteiger partial charge in [-0.15, -0.1) is 0 Å². The molecular formula is C21H26N4O3S. The number of fused-ring (bicyclic) bond motifs is 1. The van der Waals surface area contributed by atoms with E-state index in [1.165, 1.54) is 0 Å². The maximum atomic E-state index is 13.2.